The van der Waals surface area contributed by atoms with E-state index in [4.69, 9.17) is 0 Å². The third kappa shape index (κ3) is 7.73. The molecule has 2 amide bonds. The Morgan fingerprint density at radius 1 is 0.829 bits per heavy atom. The zero-order valence-corrected chi connectivity index (χ0v) is 23.7. The van der Waals surface area contributed by atoms with E-state index in [2.05, 4.69) is 31.0 Å². The van der Waals surface area contributed by atoms with Crippen LogP contribution in [0.3, 0.4) is 0 Å². The van der Waals surface area contributed by atoms with Crippen LogP contribution in [0.1, 0.15) is 69.8 Å². The molecule has 0 bridgehead atoms. The molecule has 2 heterocycles. The Labute approximate surface area is 242 Å². The fourth-order valence-corrected chi connectivity index (χ4v) is 6.73. The van der Waals surface area contributed by atoms with Gasteiger partial charge in [-0.3, -0.25) is 9.59 Å². The SMILES string of the molecule is Cc1cccc(CC(=O)Nc2nnc([C@H]3CCC[C@H](c4nnc(NC(=O)Cc5cccc(C(F)(F)F)c5)s4)C3)s2)c1. The van der Waals surface area contributed by atoms with Crippen LogP contribution >= 0.6 is 22.7 Å². The molecule has 0 unspecified atom stereocenters. The Balaban J connectivity index is 1.15. The van der Waals surface area contributed by atoms with Crippen molar-refractivity contribution in [2.45, 2.75) is 63.5 Å². The van der Waals surface area contributed by atoms with Crippen LogP contribution in [0.5, 0.6) is 0 Å². The van der Waals surface area contributed by atoms with Gasteiger partial charge in [-0.25, -0.2) is 0 Å². The van der Waals surface area contributed by atoms with E-state index in [1.807, 2.05) is 31.2 Å². The first-order valence-corrected chi connectivity index (χ1v) is 14.7. The predicted molar refractivity (Wildman–Crippen MR) is 151 cm³/mol. The minimum Gasteiger partial charge on any atom is -0.300 e. The summed E-state index contributed by atoms with van der Waals surface area (Å²) in [5, 5.41) is 24.8. The van der Waals surface area contributed by atoms with Crippen LogP contribution in [0, 0.1) is 6.92 Å². The number of carbonyl (C=O) groups is 2. The molecule has 0 saturated heterocycles. The average Bonchev–Trinajstić information content (AvgIpc) is 3.58. The maximum absolute atomic E-state index is 13.0. The van der Waals surface area contributed by atoms with Gasteiger partial charge < -0.3 is 10.6 Å². The van der Waals surface area contributed by atoms with Gasteiger partial charge in [0, 0.05) is 11.8 Å². The van der Waals surface area contributed by atoms with E-state index in [1.54, 1.807) is 0 Å². The topological polar surface area (TPSA) is 110 Å². The summed E-state index contributed by atoms with van der Waals surface area (Å²) >= 11 is 2.66. The lowest BCUT2D eigenvalue weighted by Gasteiger charge is -2.25. The molecule has 13 heteroatoms. The summed E-state index contributed by atoms with van der Waals surface area (Å²) in [6, 6.07) is 12.5. The summed E-state index contributed by atoms with van der Waals surface area (Å²) in [4.78, 5) is 25.0. The number of rotatable bonds is 8. The van der Waals surface area contributed by atoms with Gasteiger partial charge in [-0.05, 0) is 43.4 Å². The van der Waals surface area contributed by atoms with Gasteiger partial charge in [0.15, 0.2) is 0 Å². The van der Waals surface area contributed by atoms with Crippen molar-refractivity contribution in [2.75, 3.05) is 10.6 Å². The van der Waals surface area contributed by atoms with Gasteiger partial charge >= 0.3 is 6.18 Å². The molecule has 2 aromatic carbocycles. The lowest BCUT2D eigenvalue weighted by molar-refractivity contribution is -0.137. The molecule has 4 aromatic rings. The van der Waals surface area contributed by atoms with E-state index in [1.165, 1.54) is 34.8 Å². The number of anilines is 2. The number of carbonyl (C=O) groups excluding carboxylic acids is 2. The molecule has 5 rings (SSSR count). The minimum absolute atomic E-state index is 0.128. The molecule has 0 spiro atoms. The zero-order valence-electron chi connectivity index (χ0n) is 22.1. The van der Waals surface area contributed by atoms with E-state index < -0.39 is 17.6 Å². The molecule has 1 aliphatic carbocycles. The van der Waals surface area contributed by atoms with Gasteiger partial charge in [0.05, 0.1) is 18.4 Å². The largest absolute Gasteiger partial charge is 0.416 e. The van der Waals surface area contributed by atoms with Crippen molar-refractivity contribution in [2.24, 2.45) is 0 Å². The van der Waals surface area contributed by atoms with E-state index in [0.717, 1.165) is 59.0 Å². The van der Waals surface area contributed by atoms with Gasteiger partial charge in [0.25, 0.3) is 0 Å². The van der Waals surface area contributed by atoms with Crippen molar-refractivity contribution in [3.8, 4) is 0 Å². The van der Waals surface area contributed by atoms with Gasteiger partial charge in [0.2, 0.25) is 22.1 Å². The second-order valence-corrected chi connectivity index (χ2v) is 12.1. The minimum atomic E-state index is -4.47. The molecule has 214 valence electrons. The molecule has 1 saturated carbocycles. The summed E-state index contributed by atoms with van der Waals surface area (Å²) in [5.74, 6) is -0.309. The molecular formula is C28H27F3N6O2S2. The Hall–Kier alpha value is -3.71. The van der Waals surface area contributed by atoms with Crippen molar-refractivity contribution in [3.63, 3.8) is 0 Å². The van der Waals surface area contributed by atoms with Gasteiger partial charge in [-0.2, -0.15) is 13.2 Å². The van der Waals surface area contributed by atoms with E-state index in [-0.39, 0.29) is 36.1 Å². The second-order valence-electron chi connectivity index (χ2n) is 10.1. The first-order valence-electron chi connectivity index (χ1n) is 13.1. The molecule has 1 fully saturated rings. The molecule has 1 aliphatic rings. The highest BCUT2D eigenvalue weighted by Gasteiger charge is 2.31. The predicted octanol–water partition coefficient (Wildman–Crippen LogP) is 6.52. The van der Waals surface area contributed by atoms with Crippen LogP contribution in [0.15, 0.2) is 48.5 Å². The lowest BCUT2D eigenvalue weighted by atomic mass is 9.82. The van der Waals surface area contributed by atoms with Crippen LogP contribution in [0.25, 0.3) is 0 Å². The van der Waals surface area contributed by atoms with Crippen molar-refractivity contribution < 1.29 is 22.8 Å². The van der Waals surface area contributed by atoms with Gasteiger partial charge in [0.1, 0.15) is 10.0 Å². The number of hydrogen-bond donors (Lipinski definition) is 2. The number of nitrogens with zero attached hydrogens (tertiary/aromatic N) is 4. The van der Waals surface area contributed by atoms with E-state index in [9.17, 15) is 22.8 Å². The number of alkyl halides is 3. The normalized spacial score (nSPS) is 17.3. The average molecular weight is 601 g/mol. The highest BCUT2D eigenvalue weighted by Crippen LogP contribution is 2.43. The zero-order chi connectivity index (χ0) is 29.0. The maximum Gasteiger partial charge on any atom is 0.416 e. The van der Waals surface area contributed by atoms with Crippen LogP contribution < -0.4 is 10.6 Å². The Bertz CT molecular complexity index is 1540. The number of aromatic nitrogens is 4. The summed E-state index contributed by atoms with van der Waals surface area (Å²) in [6.45, 7) is 1.99. The van der Waals surface area contributed by atoms with Crippen molar-refractivity contribution in [1.29, 1.82) is 0 Å². The van der Waals surface area contributed by atoms with Crippen LogP contribution in [0.4, 0.5) is 23.4 Å². The lowest BCUT2D eigenvalue weighted by Crippen LogP contribution is -2.15. The first kappa shape index (κ1) is 28.8. The smallest absolute Gasteiger partial charge is 0.300 e. The fraction of sp³-hybridized carbons (Fsp3) is 0.357. The van der Waals surface area contributed by atoms with Gasteiger partial charge in [-0.1, -0.05) is 77.1 Å². The summed E-state index contributed by atoms with van der Waals surface area (Å²) < 4.78 is 38.9. The molecule has 0 radical (unpaired) electrons. The second kappa shape index (κ2) is 12.4. The van der Waals surface area contributed by atoms with Gasteiger partial charge in [-0.15, -0.1) is 20.4 Å². The van der Waals surface area contributed by atoms with Crippen LogP contribution in [-0.2, 0) is 28.6 Å². The number of benzene rings is 2. The highest BCUT2D eigenvalue weighted by molar-refractivity contribution is 7.15. The van der Waals surface area contributed by atoms with Crippen LogP contribution in [-0.4, -0.2) is 32.2 Å². The quantitative estimate of drug-likeness (QED) is 0.238. The molecule has 0 aliphatic heterocycles. The molecule has 2 atom stereocenters. The first-order chi connectivity index (χ1) is 19.6. The number of aryl methyl sites for hydroxylation is 1. The Morgan fingerprint density at radius 3 is 1.90 bits per heavy atom. The van der Waals surface area contributed by atoms with Crippen molar-refractivity contribution in [1.82, 2.24) is 20.4 Å². The maximum atomic E-state index is 13.0. The van der Waals surface area contributed by atoms with Crippen molar-refractivity contribution in [3.05, 3.63) is 80.8 Å². The monoisotopic (exact) mass is 600 g/mol. The highest BCUT2D eigenvalue weighted by atomic mass is 32.1. The number of halogens is 3. The summed E-state index contributed by atoms with van der Waals surface area (Å²) in [7, 11) is 0. The molecular weight excluding hydrogens is 573 g/mol. The number of nitrogens with one attached hydrogen (secondary N) is 2. The Morgan fingerprint density at radius 2 is 1.37 bits per heavy atom. The third-order valence-electron chi connectivity index (χ3n) is 6.81. The Kier molecular flexibility index (Phi) is 8.74. The third-order valence-corrected chi connectivity index (χ3v) is 8.82. The molecule has 2 aromatic heterocycles. The standard InChI is InChI=1S/C28H27F3N6O2S2/c1-16-5-2-6-17(11-16)13-22(38)32-26-36-34-24(40-26)19-8-4-9-20(15-19)25-35-37-27(41-25)33-23(39)14-18-7-3-10-21(12-18)28(29,30)31/h2-3,5-7,10-12,19-20H,4,8-9,13-15H2,1H3,(H,32,36,38)(H,33,37,39)/t19-,20-/m0/s1. The number of hydrogen-bond acceptors (Lipinski definition) is 8. The fourth-order valence-electron chi connectivity index (χ4n) is 4.92. The van der Waals surface area contributed by atoms with E-state index in [0.29, 0.717) is 10.3 Å². The summed E-state index contributed by atoms with van der Waals surface area (Å²) in [5.41, 5.74) is 1.51. The van der Waals surface area contributed by atoms with E-state index >= 15 is 0 Å². The number of amides is 2. The molecule has 41 heavy (non-hydrogen) atoms. The summed E-state index contributed by atoms with van der Waals surface area (Å²) in [6.07, 6.45) is -0.795. The molecule has 2 N–H and O–H groups in total. The molecule has 8 nitrogen and oxygen atoms in total. The van der Waals surface area contributed by atoms with Crippen LogP contribution in [0.2, 0.25) is 0 Å². The van der Waals surface area contributed by atoms with Crippen molar-refractivity contribution >= 4 is 44.8 Å².